The highest BCUT2D eigenvalue weighted by molar-refractivity contribution is 5.75. The molecule has 0 radical (unpaired) electrons. The van der Waals surface area contributed by atoms with Crippen LogP contribution in [0.25, 0.3) is 0 Å². The summed E-state index contributed by atoms with van der Waals surface area (Å²) in [6, 6.07) is 13.1. The molecule has 0 bridgehead atoms. The van der Waals surface area contributed by atoms with Crippen molar-refractivity contribution < 1.29 is 9.59 Å². The molecule has 8 heteroatoms. The molecule has 0 N–H and O–H groups in total. The predicted molar refractivity (Wildman–Crippen MR) is 267 cm³/mol. The molecule has 0 aliphatic rings. The summed E-state index contributed by atoms with van der Waals surface area (Å²) in [5.74, 6) is 1.26. The summed E-state index contributed by atoms with van der Waals surface area (Å²) in [7, 11) is 0. The lowest BCUT2D eigenvalue weighted by molar-refractivity contribution is 0.537. The molecule has 8 nitrogen and oxygen atoms in total. The number of hydrogen-bond donors (Lipinski definition) is 0. The van der Waals surface area contributed by atoms with Gasteiger partial charge in [-0.05, 0) is 137 Å². The van der Waals surface area contributed by atoms with Crippen LogP contribution < -0.4 is 0 Å². The van der Waals surface area contributed by atoms with E-state index < -0.39 is 11.1 Å². The molecule has 0 fully saturated rings. The number of hydrogen-bond acceptors (Lipinski definition) is 8. The molecule has 0 aliphatic carbocycles. The Morgan fingerprint density at radius 2 is 0.587 bits per heavy atom. The second-order valence-corrected chi connectivity index (χ2v) is 21.1. The van der Waals surface area contributed by atoms with E-state index in [9.17, 15) is 9.59 Å². The summed E-state index contributed by atoms with van der Waals surface area (Å²) in [4.78, 5) is 52.7. The van der Waals surface area contributed by atoms with Crippen LogP contribution in [-0.2, 0) is 20.7 Å². The van der Waals surface area contributed by atoms with Gasteiger partial charge in [0.2, 0.25) is 12.2 Å². The van der Waals surface area contributed by atoms with Gasteiger partial charge in [0.05, 0.1) is 45.8 Å². The topological polar surface area (TPSA) is 108 Å². The second-order valence-electron chi connectivity index (χ2n) is 21.1. The number of aliphatic imine (C=N–C) groups is 6. The van der Waals surface area contributed by atoms with Crippen LogP contribution in [0.15, 0.2) is 48.2 Å². The van der Waals surface area contributed by atoms with E-state index in [2.05, 4.69) is 193 Å². The van der Waals surface area contributed by atoms with Crippen molar-refractivity contribution >= 4 is 46.9 Å². The Kier molecular flexibility index (Phi) is 17.7. The van der Waals surface area contributed by atoms with Crippen LogP contribution in [0.1, 0.15) is 267 Å². The van der Waals surface area contributed by atoms with Gasteiger partial charge in [0, 0.05) is 5.56 Å². The first-order valence-electron chi connectivity index (χ1n) is 23.3. The van der Waals surface area contributed by atoms with E-state index in [4.69, 9.17) is 20.0 Å². The quantitative estimate of drug-likeness (QED) is 0.0995. The van der Waals surface area contributed by atoms with Gasteiger partial charge in [-0.1, -0.05) is 143 Å². The Bertz CT molecular complexity index is 2380. The van der Waals surface area contributed by atoms with Gasteiger partial charge in [-0.3, -0.25) is 0 Å². The summed E-state index contributed by atoms with van der Waals surface area (Å²) < 4.78 is 0. The Hall–Kier alpha value is -4.82. The molecule has 3 aromatic carbocycles. The lowest BCUT2D eigenvalue weighted by atomic mass is 9.76. The highest BCUT2D eigenvalue weighted by Crippen LogP contribution is 2.49. The molecule has 0 aliphatic heterocycles. The standard InChI is InChI=1S/C55H78N6O2/c1-30(2)39-23-41(32(5)6)50(56-26-60-55(21,22)49-40(31(3)4)24-42(33(7)8)51(58-28-62)46(49)37(15)16)45(36(13)14)48(39)54(19,20)61-27-57-52-43(34(9)10)25-44(35(11)12)53(59-29-63)47(52)38(17)18/h23-25,30-38H,1-22H3. The summed E-state index contributed by atoms with van der Waals surface area (Å²) >= 11 is 0. The average molecular weight is 855 g/mol. The molecule has 0 heterocycles. The maximum atomic E-state index is 11.9. The van der Waals surface area contributed by atoms with Crippen LogP contribution in [0.4, 0.5) is 22.7 Å². The molecular weight excluding hydrogens is 777 g/mol. The summed E-state index contributed by atoms with van der Waals surface area (Å²) in [5, 5.41) is 0. The first kappa shape index (κ1) is 52.5. The van der Waals surface area contributed by atoms with Crippen molar-refractivity contribution in [1.29, 1.82) is 0 Å². The largest absolute Gasteiger partial charge is 0.240 e. The molecule has 340 valence electrons. The Morgan fingerprint density at radius 1 is 0.349 bits per heavy atom. The first-order valence-corrected chi connectivity index (χ1v) is 23.3. The lowest BCUT2D eigenvalue weighted by Gasteiger charge is -2.32. The van der Waals surface area contributed by atoms with E-state index in [0.717, 1.165) is 61.4 Å². The number of rotatable bonds is 17. The second kappa shape index (κ2) is 21.2. The molecule has 63 heavy (non-hydrogen) atoms. The van der Waals surface area contributed by atoms with Crippen LogP contribution in [0.3, 0.4) is 0 Å². The van der Waals surface area contributed by atoms with Crippen LogP contribution in [0.2, 0.25) is 0 Å². The van der Waals surface area contributed by atoms with Crippen molar-refractivity contribution in [3.8, 4) is 0 Å². The minimum Gasteiger partial charge on any atom is -0.214 e. The van der Waals surface area contributed by atoms with Crippen molar-refractivity contribution in [2.45, 2.75) is 217 Å². The van der Waals surface area contributed by atoms with Crippen LogP contribution in [0, 0.1) is 0 Å². The molecule has 3 aromatic rings. The highest BCUT2D eigenvalue weighted by atomic mass is 16.1. The maximum absolute atomic E-state index is 11.9. The molecule has 3 rings (SSSR count). The van der Waals surface area contributed by atoms with Gasteiger partial charge in [0.1, 0.15) is 0 Å². The molecule has 0 saturated heterocycles. The zero-order chi connectivity index (χ0) is 48.0. The minimum absolute atomic E-state index is 0.0396. The third kappa shape index (κ3) is 11.5. The van der Waals surface area contributed by atoms with E-state index in [0.29, 0.717) is 11.4 Å². The number of nitrogens with zero attached hydrogens (tertiary/aromatic N) is 6. The Morgan fingerprint density at radius 3 is 0.841 bits per heavy atom. The van der Waals surface area contributed by atoms with Crippen molar-refractivity contribution in [1.82, 2.24) is 0 Å². The zero-order valence-electron chi connectivity index (χ0n) is 42.9. The monoisotopic (exact) mass is 855 g/mol. The SMILES string of the molecule is CC(C)c1cc(C(C)C)c(N=C=NC(C)(C)c2c(C(C)C)cc(C(C)C)c(N=C=NC(C)(C)c3c(C(C)C)cc(C(C)C)c(N=C=O)c3C(C)C)c2C(C)C)c(C(C)C)c1N=C=O. The molecule has 0 spiro atoms. The van der Waals surface area contributed by atoms with Gasteiger partial charge in [-0.15, -0.1) is 0 Å². The molecule has 0 aromatic heterocycles. The summed E-state index contributed by atoms with van der Waals surface area (Å²) in [6.45, 7) is 47.5. The van der Waals surface area contributed by atoms with Crippen LogP contribution in [0.5, 0.6) is 0 Å². The summed E-state index contributed by atoms with van der Waals surface area (Å²) in [5.41, 5.74) is 13.3. The van der Waals surface area contributed by atoms with E-state index in [-0.39, 0.29) is 53.3 Å². The van der Waals surface area contributed by atoms with Crippen molar-refractivity contribution in [2.75, 3.05) is 0 Å². The Labute approximate surface area is 381 Å². The van der Waals surface area contributed by atoms with Gasteiger partial charge in [-0.25, -0.2) is 19.6 Å². The van der Waals surface area contributed by atoms with Gasteiger partial charge < -0.3 is 0 Å². The number of benzene rings is 3. The van der Waals surface area contributed by atoms with E-state index in [1.54, 1.807) is 0 Å². The van der Waals surface area contributed by atoms with Crippen molar-refractivity contribution in [3.63, 3.8) is 0 Å². The Balaban J connectivity index is 2.51. The molecule has 0 amide bonds. The predicted octanol–water partition coefficient (Wildman–Crippen LogP) is 17.2. The molecule has 0 atom stereocenters. The third-order valence-electron chi connectivity index (χ3n) is 12.1. The number of isocyanates is 2. The smallest absolute Gasteiger partial charge is 0.214 e. The van der Waals surface area contributed by atoms with Gasteiger partial charge >= 0.3 is 0 Å². The lowest BCUT2D eigenvalue weighted by Crippen LogP contribution is -2.22. The minimum atomic E-state index is -0.761. The molecule has 0 unspecified atom stereocenters. The van der Waals surface area contributed by atoms with Gasteiger partial charge in [0.15, 0.2) is 0 Å². The number of carbonyl (C=O) groups excluding carboxylic acids is 2. The fraction of sp³-hybridized carbons (Fsp3) is 0.600. The molecule has 0 saturated carbocycles. The zero-order valence-corrected chi connectivity index (χ0v) is 42.9. The van der Waals surface area contributed by atoms with Crippen molar-refractivity contribution in [3.05, 3.63) is 79.4 Å². The van der Waals surface area contributed by atoms with E-state index >= 15 is 0 Å². The fourth-order valence-electron chi connectivity index (χ4n) is 9.01. The average Bonchev–Trinajstić information content (AvgIpc) is 3.16. The van der Waals surface area contributed by atoms with Crippen LogP contribution in [-0.4, -0.2) is 24.2 Å². The first-order chi connectivity index (χ1) is 29.2. The maximum Gasteiger partial charge on any atom is 0.240 e. The van der Waals surface area contributed by atoms with Crippen LogP contribution >= 0.6 is 0 Å². The van der Waals surface area contributed by atoms with Crippen molar-refractivity contribution in [2.24, 2.45) is 30.0 Å². The summed E-state index contributed by atoms with van der Waals surface area (Å²) in [6.07, 6.45) is 3.67. The van der Waals surface area contributed by atoms with E-state index in [1.807, 2.05) is 12.2 Å². The highest BCUT2D eigenvalue weighted by Gasteiger charge is 2.34. The van der Waals surface area contributed by atoms with Gasteiger partial charge in [0.25, 0.3) is 0 Å². The fourth-order valence-corrected chi connectivity index (χ4v) is 9.01. The van der Waals surface area contributed by atoms with E-state index in [1.165, 1.54) is 11.1 Å². The van der Waals surface area contributed by atoms with Gasteiger partial charge in [-0.2, -0.15) is 20.0 Å². The normalized spacial score (nSPS) is 12.2. The third-order valence-corrected chi connectivity index (χ3v) is 12.1. The molecular formula is C55H78N6O2.